The second-order valence-electron chi connectivity index (χ2n) is 7.95. The molecular weight excluding hydrogens is 398 g/mol. The molecule has 4 heterocycles. The summed E-state index contributed by atoms with van der Waals surface area (Å²) in [6, 6.07) is 10.4. The van der Waals surface area contributed by atoms with E-state index in [2.05, 4.69) is 34.2 Å². The monoisotopic (exact) mass is 423 g/mol. The highest BCUT2D eigenvalue weighted by molar-refractivity contribution is 7.16. The molecule has 0 aliphatic carbocycles. The van der Waals surface area contributed by atoms with Crippen molar-refractivity contribution in [1.29, 1.82) is 0 Å². The topological polar surface area (TPSA) is 68.2 Å². The summed E-state index contributed by atoms with van der Waals surface area (Å²) in [5, 5.41) is 4.70. The van der Waals surface area contributed by atoms with Gasteiger partial charge in [0.2, 0.25) is 11.8 Å². The van der Waals surface area contributed by atoms with Gasteiger partial charge < -0.3 is 10.2 Å². The van der Waals surface area contributed by atoms with Crippen molar-refractivity contribution < 1.29 is 9.59 Å². The fraction of sp³-hybridized carbons (Fsp3) is 0.409. The highest BCUT2D eigenvalue weighted by Gasteiger charge is 2.30. The van der Waals surface area contributed by atoms with Crippen molar-refractivity contribution in [2.24, 2.45) is 4.99 Å². The Labute approximate surface area is 180 Å². The van der Waals surface area contributed by atoms with Crippen LogP contribution in [-0.2, 0) is 9.59 Å². The number of nitrogens with zero attached hydrogens (tertiary/aromatic N) is 4. The van der Waals surface area contributed by atoms with Gasteiger partial charge >= 0.3 is 0 Å². The van der Waals surface area contributed by atoms with Crippen LogP contribution in [0, 0.1) is 6.92 Å². The number of hydrogen-bond donors (Lipinski definition) is 1. The number of hydrogen-bond acceptors (Lipinski definition) is 7. The molecule has 2 aromatic rings. The fourth-order valence-electron chi connectivity index (χ4n) is 4.28. The van der Waals surface area contributed by atoms with Gasteiger partial charge in [-0.2, -0.15) is 0 Å². The lowest BCUT2D eigenvalue weighted by Gasteiger charge is -2.36. The van der Waals surface area contributed by atoms with Crippen LogP contribution in [0.2, 0.25) is 0 Å². The number of piperazine rings is 1. The zero-order chi connectivity index (χ0) is 20.7. The standard InChI is InChI=1S/C22H25N5O2S/c1-15-14-16-21(23-17-4-2-3-5-18(17)24-22(16)30-15)26-11-8-25(9-12-26)10-13-27-19(28)6-7-20(27)29/h2-5,14,24H,6-13H2,1H3. The number of thiophene rings is 1. The third kappa shape index (κ3) is 3.61. The molecule has 30 heavy (non-hydrogen) atoms. The minimum absolute atomic E-state index is 0.0297. The van der Waals surface area contributed by atoms with Crippen LogP contribution in [0.5, 0.6) is 0 Å². The molecule has 156 valence electrons. The van der Waals surface area contributed by atoms with E-state index in [-0.39, 0.29) is 11.8 Å². The van der Waals surface area contributed by atoms with E-state index in [4.69, 9.17) is 4.99 Å². The molecule has 0 atom stereocenters. The van der Waals surface area contributed by atoms with E-state index in [0.717, 1.165) is 60.5 Å². The number of fused-ring (bicyclic) bond motifs is 2. The maximum absolute atomic E-state index is 11.8. The quantitative estimate of drug-likeness (QED) is 0.769. The van der Waals surface area contributed by atoms with Gasteiger partial charge in [-0.05, 0) is 25.1 Å². The lowest BCUT2D eigenvalue weighted by atomic mass is 10.2. The number of amides is 2. The lowest BCUT2D eigenvalue weighted by molar-refractivity contribution is -0.138. The minimum atomic E-state index is -0.0297. The van der Waals surface area contributed by atoms with Crippen LogP contribution in [0.4, 0.5) is 16.4 Å². The van der Waals surface area contributed by atoms with Gasteiger partial charge in [0.05, 0.1) is 16.9 Å². The molecule has 1 aromatic carbocycles. The predicted octanol–water partition coefficient (Wildman–Crippen LogP) is 2.96. The molecule has 2 saturated heterocycles. The molecular formula is C22H25N5O2S. The van der Waals surface area contributed by atoms with E-state index in [0.29, 0.717) is 19.4 Å². The Morgan fingerprint density at radius 2 is 1.77 bits per heavy atom. The molecule has 0 unspecified atom stereocenters. The van der Waals surface area contributed by atoms with Crippen LogP contribution in [0.3, 0.4) is 0 Å². The summed E-state index contributed by atoms with van der Waals surface area (Å²) in [4.78, 5) is 36.1. The maximum atomic E-state index is 11.8. The SMILES string of the molecule is Cc1cc2c(s1)Nc1ccccc1N=C2N1CCN(CCN2C(=O)CCC2=O)CC1. The van der Waals surface area contributed by atoms with Gasteiger partial charge in [0.15, 0.2) is 0 Å². The highest BCUT2D eigenvalue weighted by atomic mass is 32.1. The molecule has 1 aromatic heterocycles. The van der Waals surface area contributed by atoms with Crippen LogP contribution in [0.1, 0.15) is 23.3 Å². The van der Waals surface area contributed by atoms with Crippen LogP contribution in [-0.4, -0.2) is 71.6 Å². The molecule has 8 heteroatoms. The largest absolute Gasteiger partial charge is 0.353 e. The number of carbonyl (C=O) groups is 2. The van der Waals surface area contributed by atoms with Crippen molar-refractivity contribution in [2.45, 2.75) is 19.8 Å². The summed E-state index contributed by atoms with van der Waals surface area (Å²) in [6.07, 6.45) is 0.731. The molecule has 5 rings (SSSR count). The van der Waals surface area contributed by atoms with Crippen molar-refractivity contribution in [3.8, 4) is 0 Å². The van der Waals surface area contributed by atoms with Crippen molar-refractivity contribution in [3.63, 3.8) is 0 Å². The zero-order valence-corrected chi connectivity index (χ0v) is 17.9. The summed E-state index contributed by atoms with van der Waals surface area (Å²) in [5.41, 5.74) is 3.16. The number of aliphatic imine (C=N–C) groups is 1. The number of amidine groups is 1. The molecule has 0 bridgehead atoms. The molecule has 3 aliphatic rings. The van der Waals surface area contributed by atoms with Crippen LogP contribution >= 0.6 is 11.3 Å². The van der Waals surface area contributed by atoms with E-state index >= 15 is 0 Å². The van der Waals surface area contributed by atoms with Gasteiger partial charge in [-0.3, -0.25) is 19.4 Å². The van der Waals surface area contributed by atoms with Crippen LogP contribution in [0.25, 0.3) is 0 Å². The van der Waals surface area contributed by atoms with Gasteiger partial charge in [0.1, 0.15) is 10.8 Å². The number of carbonyl (C=O) groups excluding carboxylic acids is 2. The summed E-state index contributed by atoms with van der Waals surface area (Å²) in [6.45, 7) is 6.90. The molecule has 7 nitrogen and oxygen atoms in total. The van der Waals surface area contributed by atoms with E-state index in [1.807, 2.05) is 18.2 Å². The normalized spacial score (nSPS) is 19.3. The first-order valence-electron chi connectivity index (χ1n) is 10.4. The fourth-order valence-corrected chi connectivity index (χ4v) is 5.20. The first-order valence-corrected chi connectivity index (χ1v) is 11.3. The second kappa shape index (κ2) is 7.85. The van der Waals surface area contributed by atoms with E-state index in [1.165, 1.54) is 9.78 Å². The summed E-state index contributed by atoms with van der Waals surface area (Å²) in [7, 11) is 0. The summed E-state index contributed by atoms with van der Waals surface area (Å²) < 4.78 is 0. The number of benzene rings is 1. The number of nitrogens with one attached hydrogen (secondary N) is 1. The Kier molecular flexibility index (Phi) is 5.04. The van der Waals surface area contributed by atoms with E-state index in [9.17, 15) is 9.59 Å². The lowest BCUT2D eigenvalue weighted by Crippen LogP contribution is -2.50. The molecule has 2 amide bonds. The average Bonchev–Trinajstić information content (AvgIpc) is 3.22. The molecule has 0 radical (unpaired) electrons. The zero-order valence-electron chi connectivity index (χ0n) is 17.1. The molecule has 2 fully saturated rings. The Balaban J connectivity index is 1.30. The number of aryl methyl sites for hydroxylation is 1. The van der Waals surface area contributed by atoms with Gasteiger partial charge in [-0.25, -0.2) is 4.99 Å². The maximum Gasteiger partial charge on any atom is 0.229 e. The van der Waals surface area contributed by atoms with Crippen molar-refractivity contribution in [2.75, 3.05) is 44.6 Å². The van der Waals surface area contributed by atoms with Gasteiger partial charge in [-0.15, -0.1) is 11.3 Å². The summed E-state index contributed by atoms with van der Waals surface area (Å²) >= 11 is 1.76. The third-order valence-corrected chi connectivity index (χ3v) is 6.91. The van der Waals surface area contributed by atoms with Crippen LogP contribution < -0.4 is 5.32 Å². The number of likely N-dealkylation sites (tertiary alicyclic amines) is 1. The van der Waals surface area contributed by atoms with Crippen molar-refractivity contribution in [1.82, 2.24) is 14.7 Å². The van der Waals surface area contributed by atoms with Crippen molar-refractivity contribution in [3.05, 3.63) is 40.8 Å². The minimum Gasteiger partial charge on any atom is -0.353 e. The highest BCUT2D eigenvalue weighted by Crippen LogP contribution is 2.39. The van der Waals surface area contributed by atoms with Crippen LogP contribution in [0.15, 0.2) is 35.3 Å². The second-order valence-corrected chi connectivity index (χ2v) is 9.20. The van der Waals surface area contributed by atoms with Crippen molar-refractivity contribution >= 4 is 45.4 Å². The molecule has 1 N–H and O–H groups in total. The third-order valence-electron chi connectivity index (χ3n) is 5.94. The smallest absolute Gasteiger partial charge is 0.229 e. The van der Waals surface area contributed by atoms with Gasteiger partial charge in [-0.1, -0.05) is 12.1 Å². The van der Waals surface area contributed by atoms with Gasteiger partial charge in [0.25, 0.3) is 0 Å². The average molecular weight is 424 g/mol. The first-order chi connectivity index (χ1) is 14.6. The first kappa shape index (κ1) is 19.3. The molecule has 0 spiro atoms. The summed E-state index contributed by atoms with van der Waals surface area (Å²) in [5.74, 6) is 0.965. The Morgan fingerprint density at radius 3 is 2.53 bits per heavy atom. The Hall–Kier alpha value is -2.71. The Bertz CT molecular complexity index is 1010. The number of imide groups is 1. The molecule has 0 saturated carbocycles. The number of rotatable bonds is 3. The van der Waals surface area contributed by atoms with E-state index < -0.39 is 0 Å². The van der Waals surface area contributed by atoms with Gasteiger partial charge in [0, 0.05) is 57.0 Å². The van der Waals surface area contributed by atoms with E-state index in [1.54, 1.807) is 11.3 Å². The number of anilines is 2. The number of para-hydroxylation sites is 2. The predicted molar refractivity (Wildman–Crippen MR) is 119 cm³/mol. The Morgan fingerprint density at radius 1 is 1.03 bits per heavy atom. The molecule has 3 aliphatic heterocycles.